The first-order valence-corrected chi connectivity index (χ1v) is 18.5. The molecule has 2 aromatic rings. The third-order valence-corrected chi connectivity index (χ3v) is 14.1. The summed E-state index contributed by atoms with van der Waals surface area (Å²) in [6, 6.07) is 11.9. The van der Waals surface area contributed by atoms with Crippen LogP contribution in [0.2, 0.25) is 5.02 Å². The summed E-state index contributed by atoms with van der Waals surface area (Å²) in [5.41, 5.74) is 2.96. The number of hydrogen-bond donors (Lipinski definition) is 2. The summed E-state index contributed by atoms with van der Waals surface area (Å²) in [4.78, 5) is 16.1. The summed E-state index contributed by atoms with van der Waals surface area (Å²) in [6.45, 7) is 6.09. The molecule has 4 bridgehead atoms. The summed E-state index contributed by atoms with van der Waals surface area (Å²) in [6.07, 6.45) is 11.7. The SMILES string of the molecule is C=S1(=O)NC(=O)c2ccc3c(c2)N(C[C@@H]2CC[C@H]2[C@]2(O)CC=C[C@H](C[C@H](C)[C@H]1C)C2)C[C@@]1(CCCc2cc(Cl)ccc21)CO3. The second-order valence-electron chi connectivity index (χ2n) is 14.5. The first-order valence-electron chi connectivity index (χ1n) is 16.3. The van der Waals surface area contributed by atoms with Crippen molar-refractivity contribution in [3.63, 3.8) is 0 Å². The number of ether oxygens (including phenoxy) is 1. The lowest BCUT2D eigenvalue weighted by Gasteiger charge is -2.51. The number of allylic oxidation sites excluding steroid dienone is 1. The number of hydrogen-bond acceptors (Lipinski definition) is 5. The standard InChI is InChI=1S/C36H45ClN2O4S/c1-23-16-25-6-4-15-36(41,19-25)31-11-8-28(31)20-39-21-35(14-5-7-26-17-29(37)10-12-30(26)35)22-43-33-13-9-27(18-32(33)39)34(40)38-44(3,42)24(23)2/h4,6,9-10,12-13,17-18,23-25,28,31,41H,3,5,7-8,11,14-16,19-22H2,1-2H3,(H,38,40,42)/t23-,24+,25+,28-,31+,35-,36-,44?/m0/s1. The number of nitrogens with zero attached hydrogens (tertiary/aromatic N) is 1. The van der Waals surface area contributed by atoms with Gasteiger partial charge in [-0.15, -0.1) is 0 Å². The summed E-state index contributed by atoms with van der Waals surface area (Å²) in [5, 5.41) is 12.6. The van der Waals surface area contributed by atoms with Crippen molar-refractivity contribution in [2.75, 3.05) is 24.6 Å². The van der Waals surface area contributed by atoms with Crippen LogP contribution in [0.25, 0.3) is 0 Å². The van der Waals surface area contributed by atoms with Crippen molar-refractivity contribution in [1.82, 2.24) is 4.72 Å². The van der Waals surface area contributed by atoms with Crippen molar-refractivity contribution in [2.24, 2.45) is 23.7 Å². The van der Waals surface area contributed by atoms with E-state index >= 15 is 0 Å². The Hall–Kier alpha value is -2.48. The molecule has 0 radical (unpaired) electrons. The Morgan fingerprint density at radius 2 is 2.02 bits per heavy atom. The monoisotopic (exact) mass is 636 g/mol. The van der Waals surface area contributed by atoms with Crippen LogP contribution in [0.4, 0.5) is 5.69 Å². The molecule has 6 nitrogen and oxygen atoms in total. The van der Waals surface area contributed by atoms with Gasteiger partial charge in [0.1, 0.15) is 5.75 Å². The van der Waals surface area contributed by atoms with Crippen molar-refractivity contribution in [3.8, 4) is 5.75 Å². The minimum absolute atomic E-state index is 0.0581. The van der Waals surface area contributed by atoms with Gasteiger partial charge in [-0.25, -0.2) is 4.21 Å². The lowest BCUT2D eigenvalue weighted by molar-refractivity contribution is -0.0952. The molecule has 8 heteroatoms. The predicted octanol–water partition coefficient (Wildman–Crippen LogP) is 6.33. The molecule has 2 aromatic carbocycles. The van der Waals surface area contributed by atoms with Crippen LogP contribution in [0, 0.1) is 23.7 Å². The van der Waals surface area contributed by atoms with Gasteiger partial charge in [0, 0.05) is 34.3 Å². The normalized spacial score (nSPS) is 38.4. The van der Waals surface area contributed by atoms with Crippen LogP contribution in [-0.2, 0) is 21.5 Å². The topological polar surface area (TPSA) is 78.9 Å². The van der Waals surface area contributed by atoms with E-state index < -0.39 is 15.3 Å². The van der Waals surface area contributed by atoms with Crippen molar-refractivity contribution in [3.05, 3.63) is 70.3 Å². The fraction of sp³-hybridized carbons (Fsp3) is 0.556. The molecule has 8 atom stereocenters. The van der Waals surface area contributed by atoms with E-state index in [4.69, 9.17) is 16.3 Å². The highest BCUT2D eigenvalue weighted by molar-refractivity contribution is 7.99. The average molecular weight is 637 g/mol. The van der Waals surface area contributed by atoms with Gasteiger partial charge in [-0.3, -0.25) is 9.52 Å². The van der Waals surface area contributed by atoms with Gasteiger partial charge in [0.25, 0.3) is 5.91 Å². The van der Waals surface area contributed by atoms with E-state index in [0.29, 0.717) is 30.9 Å². The molecule has 1 saturated carbocycles. The van der Waals surface area contributed by atoms with Gasteiger partial charge in [-0.1, -0.05) is 36.7 Å². The maximum atomic E-state index is 13.8. The first-order chi connectivity index (χ1) is 21.0. The fourth-order valence-corrected chi connectivity index (χ4v) is 10.6. The van der Waals surface area contributed by atoms with Gasteiger partial charge >= 0.3 is 0 Å². The quantitative estimate of drug-likeness (QED) is 0.261. The van der Waals surface area contributed by atoms with Crippen LogP contribution in [-0.4, -0.2) is 51.6 Å². The second-order valence-corrected chi connectivity index (χ2v) is 17.3. The van der Waals surface area contributed by atoms with Crippen molar-refractivity contribution in [2.45, 2.75) is 81.5 Å². The van der Waals surface area contributed by atoms with Gasteiger partial charge in [-0.05, 0) is 129 Å². The van der Waals surface area contributed by atoms with Crippen molar-refractivity contribution >= 4 is 38.8 Å². The smallest absolute Gasteiger partial charge is 0.262 e. The van der Waals surface area contributed by atoms with E-state index in [1.807, 2.05) is 25.1 Å². The van der Waals surface area contributed by atoms with E-state index in [0.717, 1.165) is 68.1 Å². The Balaban J connectivity index is 1.32. The van der Waals surface area contributed by atoms with Crippen molar-refractivity contribution in [1.29, 1.82) is 0 Å². The maximum absolute atomic E-state index is 13.8. The Kier molecular flexibility index (Phi) is 7.61. The number of halogens is 1. The maximum Gasteiger partial charge on any atom is 0.262 e. The lowest BCUT2D eigenvalue weighted by Crippen LogP contribution is -2.54. The number of aryl methyl sites for hydroxylation is 1. The molecule has 0 saturated heterocycles. The molecule has 44 heavy (non-hydrogen) atoms. The Labute approximate surface area is 267 Å². The molecule has 5 aliphatic rings. The van der Waals surface area contributed by atoms with Crippen LogP contribution in [0.15, 0.2) is 48.6 Å². The molecule has 236 valence electrons. The molecule has 1 amide bonds. The highest BCUT2D eigenvalue weighted by Crippen LogP contribution is 2.51. The third kappa shape index (κ3) is 5.27. The predicted molar refractivity (Wildman–Crippen MR) is 179 cm³/mol. The molecule has 2 N–H and O–H groups in total. The number of anilines is 1. The molecule has 7 rings (SSSR count). The van der Waals surface area contributed by atoms with Gasteiger partial charge in [0.15, 0.2) is 0 Å². The molecular weight excluding hydrogens is 592 g/mol. The molecule has 0 aromatic heterocycles. The molecule has 2 aliphatic heterocycles. The average Bonchev–Trinajstić information content (AvgIpc) is 3.10. The zero-order valence-electron chi connectivity index (χ0n) is 25.9. The number of aliphatic hydroxyl groups is 1. The fourth-order valence-electron chi connectivity index (χ4n) is 8.92. The zero-order valence-corrected chi connectivity index (χ0v) is 27.5. The highest BCUT2D eigenvalue weighted by atomic mass is 35.5. The number of amides is 1. The lowest BCUT2D eigenvalue weighted by atomic mass is 9.59. The van der Waals surface area contributed by atoms with Crippen LogP contribution in [0.3, 0.4) is 0 Å². The first kappa shape index (κ1) is 30.2. The van der Waals surface area contributed by atoms with E-state index in [1.54, 1.807) is 6.07 Å². The van der Waals surface area contributed by atoms with Crippen LogP contribution in [0.5, 0.6) is 5.75 Å². The molecular formula is C36H45ClN2O4S. The van der Waals surface area contributed by atoms with Gasteiger partial charge in [-0.2, -0.15) is 0 Å². The van der Waals surface area contributed by atoms with E-state index in [2.05, 4.69) is 46.7 Å². The van der Waals surface area contributed by atoms with Crippen LogP contribution >= 0.6 is 11.6 Å². The van der Waals surface area contributed by atoms with Crippen LogP contribution < -0.4 is 14.4 Å². The third-order valence-electron chi connectivity index (χ3n) is 11.7. The molecule has 3 aliphatic carbocycles. The number of nitrogens with one attached hydrogen (secondary N) is 1. The number of carbonyl (C=O) groups is 1. The summed E-state index contributed by atoms with van der Waals surface area (Å²) in [7, 11) is -2.93. The molecule has 2 heterocycles. The summed E-state index contributed by atoms with van der Waals surface area (Å²) in [5.74, 6) is 5.21. The van der Waals surface area contributed by atoms with Crippen LogP contribution in [0.1, 0.15) is 80.3 Å². The largest absolute Gasteiger partial charge is 0.490 e. The minimum Gasteiger partial charge on any atom is -0.490 e. The second kappa shape index (κ2) is 11.1. The van der Waals surface area contributed by atoms with E-state index in [-0.39, 0.29) is 34.3 Å². The zero-order chi connectivity index (χ0) is 30.9. The number of carbonyl (C=O) groups excluding carboxylic acids is 1. The van der Waals surface area contributed by atoms with Gasteiger partial charge in [0.2, 0.25) is 0 Å². The Bertz CT molecular complexity index is 1610. The van der Waals surface area contributed by atoms with Gasteiger partial charge < -0.3 is 14.7 Å². The minimum atomic E-state index is -2.93. The molecule has 1 fully saturated rings. The Morgan fingerprint density at radius 1 is 1.18 bits per heavy atom. The van der Waals surface area contributed by atoms with Gasteiger partial charge in [0.05, 0.1) is 27.6 Å². The summed E-state index contributed by atoms with van der Waals surface area (Å²) >= 11 is 6.44. The summed E-state index contributed by atoms with van der Waals surface area (Å²) < 4.78 is 23.3. The Morgan fingerprint density at radius 3 is 2.82 bits per heavy atom. The number of benzene rings is 2. The molecule has 1 spiro atoms. The van der Waals surface area contributed by atoms with E-state index in [1.165, 1.54) is 11.1 Å². The number of rotatable bonds is 0. The van der Waals surface area contributed by atoms with E-state index in [9.17, 15) is 14.1 Å². The molecule has 1 unspecified atom stereocenters. The number of fused-ring (bicyclic) bond motifs is 7. The highest BCUT2D eigenvalue weighted by Gasteiger charge is 2.50. The van der Waals surface area contributed by atoms with Crippen molar-refractivity contribution < 1.29 is 18.8 Å².